The Kier molecular flexibility index (Phi) is 4.59. The molecule has 0 radical (unpaired) electrons. The van der Waals surface area contributed by atoms with Crippen molar-refractivity contribution in [2.45, 2.75) is 39.7 Å². The van der Waals surface area contributed by atoms with Gasteiger partial charge in [-0.1, -0.05) is 12.1 Å². The summed E-state index contributed by atoms with van der Waals surface area (Å²) in [5, 5.41) is 2.72. The maximum absolute atomic E-state index is 11.4. The molecule has 3 N–H and O–H groups in total. The van der Waals surface area contributed by atoms with Crippen LogP contribution in [0.5, 0.6) is 0 Å². The van der Waals surface area contributed by atoms with Crippen LogP contribution in [-0.2, 0) is 11.2 Å². The maximum atomic E-state index is 11.4. The second kappa shape index (κ2) is 5.76. The third-order valence-electron chi connectivity index (χ3n) is 2.43. The highest BCUT2D eigenvalue weighted by Crippen LogP contribution is 2.13. The molecule has 1 aromatic rings. The molecule has 0 fully saturated rings. The molecule has 0 aromatic heterocycles. The summed E-state index contributed by atoms with van der Waals surface area (Å²) in [5.74, 6) is 0. The first-order chi connectivity index (χ1) is 8.28. The predicted octanol–water partition coefficient (Wildman–Crippen LogP) is 2.64. The van der Waals surface area contributed by atoms with Gasteiger partial charge in [0.25, 0.3) is 0 Å². The Labute approximate surface area is 109 Å². The van der Waals surface area contributed by atoms with Crippen LogP contribution in [-0.4, -0.2) is 18.2 Å². The van der Waals surface area contributed by atoms with Gasteiger partial charge in [-0.15, -0.1) is 0 Å². The molecule has 1 rings (SSSR count). The van der Waals surface area contributed by atoms with E-state index in [2.05, 4.69) is 5.32 Å². The van der Waals surface area contributed by atoms with Gasteiger partial charge in [0.1, 0.15) is 5.60 Å². The molecule has 1 amide bonds. The van der Waals surface area contributed by atoms with Crippen LogP contribution in [0, 0.1) is 6.92 Å². The lowest BCUT2D eigenvalue weighted by atomic mass is 10.1. The predicted molar refractivity (Wildman–Crippen MR) is 73.5 cm³/mol. The largest absolute Gasteiger partial charge is 0.444 e. The van der Waals surface area contributed by atoms with E-state index in [0.29, 0.717) is 6.54 Å². The van der Waals surface area contributed by atoms with Gasteiger partial charge >= 0.3 is 6.09 Å². The van der Waals surface area contributed by atoms with E-state index in [9.17, 15) is 4.79 Å². The molecule has 4 heteroatoms. The van der Waals surface area contributed by atoms with Crippen LogP contribution < -0.4 is 11.1 Å². The van der Waals surface area contributed by atoms with Gasteiger partial charge in [0, 0.05) is 12.2 Å². The zero-order valence-corrected chi connectivity index (χ0v) is 11.5. The minimum absolute atomic E-state index is 0.386. The summed E-state index contributed by atoms with van der Waals surface area (Å²) in [4.78, 5) is 11.4. The van der Waals surface area contributed by atoms with Crippen molar-refractivity contribution in [1.29, 1.82) is 0 Å². The van der Waals surface area contributed by atoms with Crippen molar-refractivity contribution < 1.29 is 9.53 Å². The Bertz CT molecular complexity index is 422. The van der Waals surface area contributed by atoms with E-state index in [4.69, 9.17) is 10.5 Å². The van der Waals surface area contributed by atoms with Gasteiger partial charge in [-0.2, -0.15) is 0 Å². The van der Waals surface area contributed by atoms with Gasteiger partial charge in [0.05, 0.1) is 0 Å². The fourth-order valence-electron chi connectivity index (χ4n) is 1.47. The summed E-state index contributed by atoms with van der Waals surface area (Å²) >= 11 is 0. The molecule has 0 aliphatic carbocycles. The highest BCUT2D eigenvalue weighted by atomic mass is 16.6. The quantitative estimate of drug-likeness (QED) is 0.810. The first kappa shape index (κ1) is 14.4. The number of alkyl carbamates (subject to hydrolysis) is 1. The molecule has 0 saturated carbocycles. The molecule has 18 heavy (non-hydrogen) atoms. The summed E-state index contributed by atoms with van der Waals surface area (Å²) in [7, 11) is 0. The van der Waals surface area contributed by atoms with E-state index in [1.54, 1.807) is 0 Å². The van der Waals surface area contributed by atoms with Crippen LogP contribution in [0.3, 0.4) is 0 Å². The average Bonchev–Trinajstić information content (AvgIpc) is 2.20. The van der Waals surface area contributed by atoms with Gasteiger partial charge in [0.15, 0.2) is 0 Å². The third-order valence-corrected chi connectivity index (χ3v) is 2.43. The lowest BCUT2D eigenvalue weighted by Crippen LogP contribution is -2.33. The molecule has 0 aliphatic heterocycles. The average molecular weight is 250 g/mol. The van der Waals surface area contributed by atoms with E-state index < -0.39 is 5.60 Å². The number of ether oxygens (including phenoxy) is 1. The number of carbonyl (C=O) groups excluding carboxylic acids is 1. The zero-order valence-electron chi connectivity index (χ0n) is 11.5. The molecular weight excluding hydrogens is 228 g/mol. The molecule has 0 saturated heterocycles. The van der Waals surface area contributed by atoms with E-state index in [0.717, 1.165) is 23.2 Å². The summed E-state index contributed by atoms with van der Waals surface area (Å²) in [6.45, 7) is 8.03. The van der Waals surface area contributed by atoms with Gasteiger partial charge < -0.3 is 15.8 Å². The molecule has 1 aromatic carbocycles. The minimum Gasteiger partial charge on any atom is -0.444 e. The second-order valence-electron chi connectivity index (χ2n) is 5.37. The molecule has 0 heterocycles. The lowest BCUT2D eigenvalue weighted by Gasteiger charge is -2.19. The Morgan fingerprint density at radius 3 is 2.61 bits per heavy atom. The van der Waals surface area contributed by atoms with Crippen molar-refractivity contribution in [2.75, 3.05) is 12.3 Å². The molecule has 0 atom stereocenters. The molecule has 0 unspecified atom stereocenters. The number of nitrogens with one attached hydrogen (secondary N) is 1. The fraction of sp³-hybridized carbons (Fsp3) is 0.500. The van der Waals surface area contributed by atoms with Crippen molar-refractivity contribution in [3.63, 3.8) is 0 Å². The third kappa shape index (κ3) is 5.08. The van der Waals surface area contributed by atoms with E-state index in [1.165, 1.54) is 0 Å². The van der Waals surface area contributed by atoms with E-state index >= 15 is 0 Å². The van der Waals surface area contributed by atoms with E-state index in [1.807, 2.05) is 45.9 Å². The first-order valence-electron chi connectivity index (χ1n) is 6.10. The van der Waals surface area contributed by atoms with Crippen molar-refractivity contribution in [1.82, 2.24) is 5.32 Å². The Morgan fingerprint density at radius 1 is 1.39 bits per heavy atom. The molecule has 100 valence electrons. The molecular formula is C14H22N2O2. The maximum Gasteiger partial charge on any atom is 0.407 e. The number of rotatable bonds is 3. The number of carbonyl (C=O) groups is 1. The Balaban J connectivity index is 2.38. The molecule has 0 bridgehead atoms. The fourth-order valence-corrected chi connectivity index (χ4v) is 1.47. The standard InChI is InChI=1S/C14H22N2O2/c1-10-5-6-11(9-12(10)15)7-8-16-13(17)18-14(2,3)4/h5-6,9H,7-8,15H2,1-4H3,(H,16,17). The number of anilines is 1. The smallest absolute Gasteiger partial charge is 0.407 e. The molecule has 4 nitrogen and oxygen atoms in total. The van der Waals surface area contributed by atoms with Crippen LogP contribution in [0.15, 0.2) is 18.2 Å². The summed E-state index contributed by atoms with van der Waals surface area (Å²) in [5.41, 5.74) is 8.32. The topological polar surface area (TPSA) is 64.3 Å². The van der Waals surface area contributed by atoms with Gasteiger partial charge in [-0.3, -0.25) is 0 Å². The van der Waals surface area contributed by atoms with Crippen LogP contribution in [0.1, 0.15) is 31.9 Å². The number of nitrogen functional groups attached to an aromatic ring is 1. The van der Waals surface area contributed by atoms with Crippen molar-refractivity contribution in [2.24, 2.45) is 0 Å². The summed E-state index contributed by atoms with van der Waals surface area (Å²) in [6.07, 6.45) is 0.353. The first-order valence-corrected chi connectivity index (χ1v) is 6.10. The summed E-state index contributed by atoms with van der Waals surface area (Å²) < 4.78 is 5.14. The van der Waals surface area contributed by atoms with Crippen LogP contribution in [0.2, 0.25) is 0 Å². The number of benzene rings is 1. The Hall–Kier alpha value is -1.71. The lowest BCUT2D eigenvalue weighted by molar-refractivity contribution is 0.0528. The number of hydrogen-bond donors (Lipinski definition) is 2. The van der Waals surface area contributed by atoms with Crippen molar-refractivity contribution >= 4 is 11.8 Å². The molecule has 0 spiro atoms. The zero-order chi connectivity index (χ0) is 13.8. The normalized spacial score (nSPS) is 11.1. The van der Waals surface area contributed by atoms with Gasteiger partial charge in [-0.05, 0) is 51.3 Å². The number of hydrogen-bond acceptors (Lipinski definition) is 3. The van der Waals surface area contributed by atoms with Gasteiger partial charge in [0.2, 0.25) is 0 Å². The number of amides is 1. The highest BCUT2D eigenvalue weighted by molar-refractivity contribution is 5.67. The summed E-state index contributed by atoms with van der Waals surface area (Å²) in [6, 6.07) is 5.94. The van der Waals surface area contributed by atoms with Crippen molar-refractivity contribution in [3.05, 3.63) is 29.3 Å². The SMILES string of the molecule is Cc1ccc(CCNC(=O)OC(C)(C)C)cc1N. The number of nitrogens with two attached hydrogens (primary N) is 1. The molecule has 0 aliphatic rings. The Morgan fingerprint density at radius 2 is 2.06 bits per heavy atom. The van der Waals surface area contributed by atoms with Crippen LogP contribution in [0.25, 0.3) is 0 Å². The van der Waals surface area contributed by atoms with E-state index in [-0.39, 0.29) is 6.09 Å². The van der Waals surface area contributed by atoms with Crippen molar-refractivity contribution in [3.8, 4) is 0 Å². The minimum atomic E-state index is -0.460. The van der Waals surface area contributed by atoms with Gasteiger partial charge in [-0.25, -0.2) is 4.79 Å². The van der Waals surface area contributed by atoms with Crippen LogP contribution in [0.4, 0.5) is 10.5 Å². The number of aryl methyl sites for hydroxylation is 1. The van der Waals surface area contributed by atoms with Crippen LogP contribution >= 0.6 is 0 Å². The second-order valence-corrected chi connectivity index (χ2v) is 5.37. The monoisotopic (exact) mass is 250 g/mol. The highest BCUT2D eigenvalue weighted by Gasteiger charge is 2.15.